The van der Waals surface area contributed by atoms with Crippen LogP contribution in [0.1, 0.15) is 22.5 Å². The van der Waals surface area contributed by atoms with Crippen LogP contribution in [0.2, 0.25) is 0 Å². The molecule has 3 aromatic rings. The first-order valence-electron chi connectivity index (χ1n) is 9.80. The number of nitro groups is 1. The van der Waals surface area contributed by atoms with E-state index in [9.17, 15) is 14.9 Å². The van der Waals surface area contributed by atoms with Crippen LogP contribution in [0.4, 0.5) is 11.4 Å². The minimum absolute atomic E-state index is 0.0318. The van der Waals surface area contributed by atoms with E-state index in [-0.39, 0.29) is 11.6 Å². The summed E-state index contributed by atoms with van der Waals surface area (Å²) < 4.78 is 12.4. The molecule has 1 N–H and O–H groups in total. The molecular weight excluding hydrogens is 412 g/mol. The van der Waals surface area contributed by atoms with Crippen molar-refractivity contribution in [3.63, 3.8) is 0 Å². The molecule has 0 atom stereocenters. The highest BCUT2D eigenvalue weighted by atomic mass is 16.6. The molecule has 32 heavy (non-hydrogen) atoms. The Morgan fingerprint density at radius 2 is 1.91 bits per heavy atom. The number of nitro benzene ring substituents is 1. The molecule has 0 radical (unpaired) electrons. The number of carbonyl (C=O) groups excluding carboxylic acids is 1. The van der Waals surface area contributed by atoms with Gasteiger partial charge in [0.2, 0.25) is 5.91 Å². The maximum atomic E-state index is 12.4. The third-order valence-electron chi connectivity index (χ3n) is 4.92. The normalized spacial score (nSPS) is 10.9. The Morgan fingerprint density at radius 1 is 1.16 bits per heavy atom. The molecular formula is C23H24N4O5. The predicted octanol–water partition coefficient (Wildman–Crippen LogP) is 4.13. The molecule has 166 valence electrons. The summed E-state index contributed by atoms with van der Waals surface area (Å²) in [6, 6.07) is 11.7. The number of nitrogens with zero attached hydrogens (tertiary/aromatic N) is 3. The summed E-state index contributed by atoms with van der Waals surface area (Å²) in [5, 5.41) is 18.3. The number of methoxy groups -OCH3 is 2. The van der Waals surface area contributed by atoms with Gasteiger partial charge in [-0.2, -0.15) is 5.10 Å². The number of nitrogens with one attached hydrogen (secondary N) is 1. The van der Waals surface area contributed by atoms with Crippen molar-refractivity contribution in [2.75, 3.05) is 19.5 Å². The maximum absolute atomic E-state index is 12.4. The molecule has 9 nitrogen and oxygen atoms in total. The molecule has 0 aliphatic heterocycles. The number of non-ortho nitro benzene ring substituents is 1. The molecule has 0 unspecified atom stereocenters. The molecule has 0 bridgehead atoms. The van der Waals surface area contributed by atoms with Crippen LogP contribution in [0, 0.1) is 24.0 Å². The number of anilines is 1. The van der Waals surface area contributed by atoms with Gasteiger partial charge in [0.15, 0.2) is 11.5 Å². The average molecular weight is 436 g/mol. The lowest BCUT2D eigenvalue weighted by Crippen LogP contribution is -2.10. The van der Waals surface area contributed by atoms with Crippen LogP contribution >= 0.6 is 0 Å². The van der Waals surface area contributed by atoms with Gasteiger partial charge in [-0.15, -0.1) is 0 Å². The predicted molar refractivity (Wildman–Crippen MR) is 121 cm³/mol. The number of ether oxygens (including phenoxy) is 2. The zero-order valence-electron chi connectivity index (χ0n) is 18.3. The lowest BCUT2D eigenvalue weighted by molar-refractivity contribution is -0.384. The molecule has 0 aliphatic rings. The Hall–Kier alpha value is -4.14. The Balaban J connectivity index is 1.74. The monoisotopic (exact) mass is 436 g/mol. The van der Waals surface area contributed by atoms with E-state index in [4.69, 9.17) is 9.47 Å². The summed E-state index contributed by atoms with van der Waals surface area (Å²) in [4.78, 5) is 22.8. The summed E-state index contributed by atoms with van der Waals surface area (Å²) in [5.41, 5.74) is 3.60. The summed E-state index contributed by atoms with van der Waals surface area (Å²) in [6.45, 7) is 4.19. The van der Waals surface area contributed by atoms with Crippen LogP contribution in [-0.2, 0) is 11.3 Å². The fraction of sp³-hybridized carbons (Fsp3) is 0.217. The quantitative estimate of drug-likeness (QED) is 0.323. The second-order valence-corrected chi connectivity index (χ2v) is 7.07. The van der Waals surface area contributed by atoms with Gasteiger partial charge in [-0.05, 0) is 43.2 Å². The van der Waals surface area contributed by atoms with E-state index in [1.165, 1.54) is 24.3 Å². The van der Waals surface area contributed by atoms with Gasteiger partial charge in [0.1, 0.15) is 0 Å². The first-order valence-corrected chi connectivity index (χ1v) is 9.80. The van der Waals surface area contributed by atoms with Crippen LogP contribution in [0.15, 0.2) is 48.5 Å². The molecule has 3 rings (SSSR count). The third-order valence-corrected chi connectivity index (χ3v) is 4.92. The SMILES string of the molecule is COc1ccc(Cn2nc(C)c(NC(=O)/C=C/c3cccc([N+](=O)[O-])c3)c2C)cc1OC. The first-order chi connectivity index (χ1) is 15.3. The molecule has 2 aromatic carbocycles. The van der Waals surface area contributed by atoms with Gasteiger partial charge >= 0.3 is 0 Å². The van der Waals surface area contributed by atoms with Gasteiger partial charge in [-0.25, -0.2) is 0 Å². The highest BCUT2D eigenvalue weighted by molar-refractivity contribution is 6.02. The van der Waals surface area contributed by atoms with E-state index < -0.39 is 4.92 Å². The summed E-state index contributed by atoms with van der Waals surface area (Å²) in [7, 11) is 3.17. The van der Waals surface area contributed by atoms with Crippen molar-refractivity contribution in [2.24, 2.45) is 0 Å². The molecule has 0 fully saturated rings. The Morgan fingerprint density at radius 3 is 2.59 bits per heavy atom. The van der Waals surface area contributed by atoms with E-state index in [0.717, 1.165) is 11.3 Å². The second kappa shape index (κ2) is 9.78. The number of aromatic nitrogens is 2. The second-order valence-electron chi connectivity index (χ2n) is 7.07. The third kappa shape index (κ3) is 5.12. The number of hydrogen-bond acceptors (Lipinski definition) is 6. The summed E-state index contributed by atoms with van der Waals surface area (Å²) in [5.74, 6) is 0.924. The Kier molecular flexibility index (Phi) is 6.89. The zero-order valence-corrected chi connectivity index (χ0v) is 18.3. The van der Waals surface area contributed by atoms with Crippen LogP contribution in [0.25, 0.3) is 6.08 Å². The van der Waals surface area contributed by atoms with Crippen molar-refractivity contribution in [1.82, 2.24) is 9.78 Å². The van der Waals surface area contributed by atoms with E-state index in [1.54, 1.807) is 31.0 Å². The number of aryl methyl sites for hydroxylation is 1. The van der Waals surface area contributed by atoms with Crippen molar-refractivity contribution in [3.8, 4) is 11.5 Å². The van der Waals surface area contributed by atoms with Gasteiger partial charge in [0, 0.05) is 18.2 Å². The van der Waals surface area contributed by atoms with Crippen molar-refractivity contribution in [1.29, 1.82) is 0 Å². The topological polar surface area (TPSA) is 109 Å². The first kappa shape index (κ1) is 22.5. The van der Waals surface area contributed by atoms with Gasteiger partial charge < -0.3 is 14.8 Å². The number of amides is 1. The zero-order chi connectivity index (χ0) is 23.3. The fourth-order valence-corrected chi connectivity index (χ4v) is 3.26. The highest BCUT2D eigenvalue weighted by Crippen LogP contribution is 2.28. The van der Waals surface area contributed by atoms with Crippen LogP contribution < -0.4 is 14.8 Å². The summed E-state index contributed by atoms with van der Waals surface area (Å²) >= 11 is 0. The lowest BCUT2D eigenvalue weighted by atomic mass is 10.2. The number of rotatable bonds is 8. The largest absolute Gasteiger partial charge is 0.493 e. The van der Waals surface area contributed by atoms with Crippen molar-refractivity contribution < 1.29 is 19.2 Å². The van der Waals surface area contributed by atoms with Crippen LogP contribution in [-0.4, -0.2) is 34.8 Å². The minimum Gasteiger partial charge on any atom is -0.493 e. The molecule has 0 saturated heterocycles. The maximum Gasteiger partial charge on any atom is 0.270 e. The molecule has 1 heterocycles. The minimum atomic E-state index is -0.475. The number of hydrogen-bond donors (Lipinski definition) is 1. The van der Waals surface area contributed by atoms with Gasteiger partial charge in [-0.1, -0.05) is 18.2 Å². The van der Waals surface area contributed by atoms with Crippen molar-refractivity contribution >= 4 is 23.4 Å². The fourth-order valence-electron chi connectivity index (χ4n) is 3.26. The number of benzene rings is 2. The Bertz CT molecular complexity index is 1180. The van der Waals surface area contributed by atoms with E-state index >= 15 is 0 Å². The van der Waals surface area contributed by atoms with E-state index in [1.807, 2.05) is 32.0 Å². The molecule has 0 aliphatic carbocycles. The average Bonchev–Trinajstić information content (AvgIpc) is 3.05. The van der Waals surface area contributed by atoms with Crippen LogP contribution in [0.3, 0.4) is 0 Å². The molecule has 0 saturated carbocycles. The highest BCUT2D eigenvalue weighted by Gasteiger charge is 2.14. The van der Waals surface area contributed by atoms with E-state index in [0.29, 0.717) is 35.0 Å². The van der Waals surface area contributed by atoms with Gasteiger partial charge in [0.05, 0.1) is 42.8 Å². The Labute approximate surface area is 185 Å². The van der Waals surface area contributed by atoms with Crippen molar-refractivity contribution in [3.05, 3.63) is 81.2 Å². The van der Waals surface area contributed by atoms with Crippen molar-refractivity contribution in [2.45, 2.75) is 20.4 Å². The molecule has 9 heteroatoms. The number of carbonyl (C=O) groups is 1. The van der Waals surface area contributed by atoms with E-state index in [2.05, 4.69) is 10.4 Å². The van der Waals surface area contributed by atoms with Crippen LogP contribution in [0.5, 0.6) is 11.5 Å². The molecule has 0 spiro atoms. The standard InChI is InChI=1S/C23H24N4O5/c1-15-23(24-22(28)11-9-17-6-5-7-19(12-17)27(29)30)16(2)26(25-15)14-18-8-10-20(31-3)21(13-18)32-4/h5-13H,14H2,1-4H3,(H,24,28)/b11-9+. The summed E-state index contributed by atoms with van der Waals surface area (Å²) in [6.07, 6.45) is 2.87. The van der Waals surface area contributed by atoms with Gasteiger partial charge in [-0.3, -0.25) is 19.6 Å². The molecule has 1 amide bonds. The smallest absolute Gasteiger partial charge is 0.270 e. The lowest BCUT2D eigenvalue weighted by Gasteiger charge is -2.10. The molecule has 1 aromatic heterocycles. The van der Waals surface area contributed by atoms with Gasteiger partial charge in [0.25, 0.3) is 5.69 Å².